The number of carbonyl (C=O) groups is 1. The van der Waals surface area contributed by atoms with Gasteiger partial charge in [0, 0.05) is 6.42 Å². The molecule has 1 aliphatic heterocycles. The fourth-order valence-electron chi connectivity index (χ4n) is 10.1. The summed E-state index contributed by atoms with van der Waals surface area (Å²) in [5, 5.41) is 54.6. The minimum absolute atomic E-state index is 0.189. The van der Waals surface area contributed by atoms with Crippen LogP contribution in [0.25, 0.3) is 0 Å². The van der Waals surface area contributed by atoms with Gasteiger partial charge in [-0.05, 0) is 83.5 Å². The van der Waals surface area contributed by atoms with Crippen molar-refractivity contribution in [2.75, 3.05) is 13.2 Å². The van der Waals surface area contributed by atoms with Crippen LogP contribution in [-0.4, -0.2) is 87.5 Å². The van der Waals surface area contributed by atoms with Gasteiger partial charge in [0.05, 0.1) is 25.4 Å². The minimum atomic E-state index is -1.58. The van der Waals surface area contributed by atoms with E-state index >= 15 is 0 Å². The van der Waals surface area contributed by atoms with E-state index < -0.39 is 49.5 Å². The zero-order valence-corrected chi connectivity index (χ0v) is 50.0. The first-order chi connectivity index (χ1) is 37.8. The lowest BCUT2D eigenvalue weighted by molar-refractivity contribution is -0.302. The van der Waals surface area contributed by atoms with Gasteiger partial charge in [0.1, 0.15) is 24.4 Å². The monoisotopic (exact) mass is 1080 g/mol. The zero-order chi connectivity index (χ0) is 55.8. The predicted molar refractivity (Wildman–Crippen MR) is 327 cm³/mol. The third-order valence-electron chi connectivity index (χ3n) is 15.2. The summed E-state index contributed by atoms with van der Waals surface area (Å²) in [5.74, 6) is -0.189. The Morgan fingerprint density at radius 1 is 0.442 bits per heavy atom. The number of nitrogens with one attached hydrogen (secondary N) is 1. The second-order valence-electron chi connectivity index (χ2n) is 22.5. The number of carbonyl (C=O) groups excluding carboxylic acids is 1. The van der Waals surface area contributed by atoms with Crippen LogP contribution in [0.3, 0.4) is 0 Å². The van der Waals surface area contributed by atoms with Crippen LogP contribution in [0, 0.1) is 0 Å². The largest absolute Gasteiger partial charge is 0.394 e. The molecule has 1 fully saturated rings. The number of aliphatic hydroxyl groups excluding tert-OH is 5. The van der Waals surface area contributed by atoms with E-state index in [9.17, 15) is 30.3 Å². The Bertz CT molecular complexity index is 1440. The smallest absolute Gasteiger partial charge is 0.220 e. The Morgan fingerprint density at radius 2 is 0.779 bits per heavy atom. The minimum Gasteiger partial charge on any atom is -0.394 e. The van der Waals surface area contributed by atoms with Gasteiger partial charge >= 0.3 is 0 Å². The van der Waals surface area contributed by atoms with Crippen molar-refractivity contribution in [1.29, 1.82) is 0 Å². The van der Waals surface area contributed by atoms with E-state index in [0.717, 1.165) is 57.8 Å². The summed E-state index contributed by atoms with van der Waals surface area (Å²) in [6, 6.07) is -0.832. The van der Waals surface area contributed by atoms with Crippen LogP contribution in [0.15, 0.2) is 72.9 Å². The van der Waals surface area contributed by atoms with Gasteiger partial charge in [-0.2, -0.15) is 0 Å². The normalized spacial score (nSPS) is 19.2. The molecular weight excluding hydrogens is 959 g/mol. The Hall–Kier alpha value is -2.37. The number of ether oxygens (including phenoxy) is 2. The molecule has 7 atom stereocenters. The van der Waals surface area contributed by atoms with Crippen LogP contribution >= 0.6 is 0 Å². The number of unbranched alkanes of at least 4 members (excludes halogenated alkanes) is 36. The van der Waals surface area contributed by atoms with E-state index in [1.165, 1.54) is 218 Å². The van der Waals surface area contributed by atoms with Crippen molar-refractivity contribution in [3.63, 3.8) is 0 Å². The lowest BCUT2D eigenvalue weighted by atomic mass is 9.99. The van der Waals surface area contributed by atoms with Crippen molar-refractivity contribution in [3.8, 4) is 0 Å². The third-order valence-corrected chi connectivity index (χ3v) is 15.2. The van der Waals surface area contributed by atoms with Crippen molar-refractivity contribution in [3.05, 3.63) is 72.9 Å². The number of allylic oxidation sites excluding steroid dienone is 11. The lowest BCUT2D eigenvalue weighted by Gasteiger charge is -2.40. The van der Waals surface area contributed by atoms with Crippen molar-refractivity contribution in [2.45, 2.75) is 339 Å². The molecule has 1 heterocycles. The Kier molecular flexibility index (Phi) is 53.7. The average Bonchev–Trinajstić information content (AvgIpc) is 3.43. The van der Waals surface area contributed by atoms with Gasteiger partial charge in [-0.1, -0.05) is 279 Å². The molecule has 1 saturated heterocycles. The van der Waals surface area contributed by atoms with Gasteiger partial charge < -0.3 is 40.3 Å². The fraction of sp³-hybridized carbons (Fsp3) is 0.809. The molecule has 0 bridgehead atoms. The molecule has 0 aromatic carbocycles. The molecule has 0 spiro atoms. The molecule has 9 nitrogen and oxygen atoms in total. The van der Waals surface area contributed by atoms with E-state index in [1.807, 2.05) is 6.08 Å². The highest BCUT2D eigenvalue weighted by Crippen LogP contribution is 2.23. The zero-order valence-electron chi connectivity index (χ0n) is 50.0. The number of amides is 1. The molecule has 1 amide bonds. The molecule has 77 heavy (non-hydrogen) atoms. The molecule has 1 rings (SSSR count). The van der Waals surface area contributed by atoms with E-state index in [2.05, 4.69) is 79.9 Å². The van der Waals surface area contributed by atoms with E-state index in [4.69, 9.17) is 9.47 Å². The number of rotatable bonds is 56. The molecule has 448 valence electrons. The van der Waals surface area contributed by atoms with Gasteiger partial charge in [0.25, 0.3) is 0 Å². The average molecular weight is 1080 g/mol. The van der Waals surface area contributed by atoms with Crippen LogP contribution in [-0.2, 0) is 14.3 Å². The molecule has 6 N–H and O–H groups in total. The summed E-state index contributed by atoms with van der Waals surface area (Å²) < 4.78 is 11.3. The highest BCUT2D eigenvalue weighted by Gasteiger charge is 2.44. The lowest BCUT2D eigenvalue weighted by Crippen LogP contribution is -2.60. The molecule has 0 radical (unpaired) electrons. The number of aliphatic hydroxyl groups is 5. The van der Waals surface area contributed by atoms with Crippen molar-refractivity contribution in [2.24, 2.45) is 0 Å². The third kappa shape index (κ3) is 46.0. The Morgan fingerprint density at radius 3 is 1.18 bits per heavy atom. The summed E-state index contributed by atoms with van der Waals surface area (Å²) in [7, 11) is 0. The fourth-order valence-corrected chi connectivity index (χ4v) is 10.1. The van der Waals surface area contributed by atoms with Gasteiger partial charge in [-0.25, -0.2) is 0 Å². The topological polar surface area (TPSA) is 149 Å². The van der Waals surface area contributed by atoms with Gasteiger partial charge in [-0.3, -0.25) is 4.79 Å². The van der Waals surface area contributed by atoms with Gasteiger partial charge in [0.2, 0.25) is 5.91 Å². The first-order valence-corrected chi connectivity index (χ1v) is 32.7. The summed E-state index contributed by atoms with van der Waals surface area (Å²) >= 11 is 0. The van der Waals surface area contributed by atoms with Crippen molar-refractivity contribution < 1.29 is 39.8 Å². The maximum Gasteiger partial charge on any atom is 0.220 e. The molecule has 0 aliphatic carbocycles. The first-order valence-electron chi connectivity index (χ1n) is 32.7. The van der Waals surface area contributed by atoms with Crippen LogP contribution < -0.4 is 5.32 Å². The van der Waals surface area contributed by atoms with Crippen molar-refractivity contribution in [1.82, 2.24) is 5.32 Å². The highest BCUT2D eigenvalue weighted by atomic mass is 16.7. The quantitative estimate of drug-likeness (QED) is 0.0261. The molecule has 1 aliphatic rings. The van der Waals surface area contributed by atoms with Gasteiger partial charge in [-0.15, -0.1) is 0 Å². The summed E-state index contributed by atoms with van der Waals surface area (Å²) in [6.07, 6.45) is 72.7. The van der Waals surface area contributed by atoms with Gasteiger partial charge in [0.15, 0.2) is 6.29 Å². The SMILES string of the molecule is CCCCCCC/C=C\C/C=C\C/C=C\CCCCCCCCCCCCCCCCCCC(=O)NC(COC1OC(CO)C(O)C(O)C1O)C(O)/C=C/CC/C=C/CC/C=C/CCCCCCCCCCCCCCC. The van der Waals surface area contributed by atoms with E-state index in [0.29, 0.717) is 6.42 Å². The standard InChI is InChI=1S/C68H123NO8/c1-3-5-7-9-11-13-15-17-19-21-23-25-27-28-29-30-31-32-33-34-36-38-40-42-44-46-48-50-52-54-56-58-64(72)69-61(60-76-68-67(75)66(74)65(73)63(59-70)77-68)62(71)57-55-53-51-49-47-45-43-41-39-37-35-26-24-22-20-18-16-14-12-10-8-6-4-2/h15,17,21,23,27-28,39,41,47,49,55,57,61-63,65-68,70-71,73-75H,3-14,16,18-20,22,24-26,29-38,40,42-46,48,50-54,56,58-60H2,1-2H3,(H,69,72)/b17-15-,23-21-,28-27-,41-39+,49-47+,57-55+. The summed E-state index contributed by atoms with van der Waals surface area (Å²) in [6.45, 7) is 3.77. The van der Waals surface area contributed by atoms with Crippen LogP contribution in [0.2, 0.25) is 0 Å². The molecule has 0 aromatic heterocycles. The van der Waals surface area contributed by atoms with Crippen LogP contribution in [0.4, 0.5) is 0 Å². The molecule has 9 heteroatoms. The second kappa shape index (κ2) is 56.9. The van der Waals surface area contributed by atoms with Crippen molar-refractivity contribution >= 4 is 5.91 Å². The Labute approximate surface area is 474 Å². The molecular formula is C68H123NO8. The maximum atomic E-state index is 13.1. The Balaban J connectivity index is 2.19. The highest BCUT2D eigenvalue weighted by molar-refractivity contribution is 5.76. The maximum absolute atomic E-state index is 13.1. The number of hydrogen-bond acceptors (Lipinski definition) is 8. The summed E-state index contributed by atoms with van der Waals surface area (Å²) in [5.41, 5.74) is 0. The number of hydrogen-bond donors (Lipinski definition) is 6. The van der Waals surface area contributed by atoms with E-state index in [1.54, 1.807) is 6.08 Å². The van der Waals surface area contributed by atoms with E-state index in [-0.39, 0.29) is 12.5 Å². The van der Waals surface area contributed by atoms with Crippen LogP contribution in [0.5, 0.6) is 0 Å². The summed E-state index contributed by atoms with van der Waals surface area (Å²) in [4.78, 5) is 13.1. The van der Waals surface area contributed by atoms with Crippen LogP contribution in [0.1, 0.15) is 296 Å². The molecule has 0 aromatic rings. The molecule has 7 unspecified atom stereocenters. The first kappa shape index (κ1) is 72.6. The molecule has 0 saturated carbocycles. The second-order valence-corrected chi connectivity index (χ2v) is 22.5. The predicted octanol–water partition coefficient (Wildman–Crippen LogP) is 17.2.